The first-order chi connectivity index (χ1) is 12.5. The number of hydrogen-bond donors (Lipinski definition) is 1. The van der Waals surface area contributed by atoms with Gasteiger partial charge in [0.25, 0.3) is 11.8 Å². The molecular weight excluding hydrogens is 352 g/mol. The topological polar surface area (TPSA) is 65.5 Å². The highest BCUT2D eigenvalue weighted by Crippen LogP contribution is 2.11. The monoisotopic (exact) mass is 372 g/mol. The summed E-state index contributed by atoms with van der Waals surface area (Å²) in [5.41, 5.74) is 1.67. The molecule has 1 aliphatic heterocycles. The summed E-state index contributed by atoms with van der Waals surface area (Å²) in [4.78, 5) is 33.1. The Morgan fingerprint density at radius 2 is 1.81 bits per heavy atom. The quantitative estimate of drug-likeness (QED) is 0.892. The second kappa shape index (κ2) is 8.29. The standard InChI is InChI=1S/C19H21ClN4O2/c1-23-8-10-24(11-9-23)19(26)17-12-15(6-7-21-17)18(25)22-13-14-2-4-16(20)5-3-14/h2-7,12H,8-11,13H2,1H3,(H,22,25). The summed E-state index contributed by atoms with van der Waals surface area (Å²) >= 11 is 5.86. The number of pyridine rings is 1. The van der Waals surface area contributed by atoms with Crippen LogP contribution < -0.4 is 5.32 Å². The van der Waals surface area contributed by atoms with Gasteiger partial charge >= 0.3 is 0 Å². The maximum Gasteiger partial charge on any atom is 0.272 e. The van der Waals surface area contributed by atoms with Crippen molar-refractivity contribution in [3.05, 3.63) is 64.4 Å². The van der Waals surface area contributed by atoms with Crippen LogP contribution in [0.3, 0.4) is 0 Å². The van der Waals surface area contributed by atoms with Crippen LogP contribution in [0, 0.1) is 0 Å². The summed E-state index contributed by atoms with van der Waals surface area (Å²) < 4.78 is 0. The molecule has 2 heterocycles. The number of halogens is 1. The summed E-state index contributed by atoms with van der Waals surface area (Å²) in [7, 11) is 2.03. The molecule has 1 N–H and O–H groups in total. The lowest BCUT2D eigenvalue weighted by molar-refractivity contribution is 0.0658. The van der Waals surface area contributed by atoms with E-state index in [1.807, 2.05) is 19.2 Å². The van der Waals surface area contributed by atoms with Crippen LogP contribution in [-0.2, 0) is 6.54 Å². The van der Waals surface area contributed by atoms with Crippen molar-refractivity contribution in [1.29, 1.82) is 0 Å². The van der Waals surface area contributed by atoms with Crippen LogP contribution in [0.4, 0.5) is 0 Å². The van der Waals surface area contributed by atoms with Crippen molar-refractivity contribution in [2.45, 2.75) is 6.54 Å². The molecule has 7 heteroatoms. The second-order valence-electron chi connectivity index (χ2n) is 6.33. The van der Waals surface area contributed by atoms with E-state index >= 15 is 0 Å². The van der Waals surface area contributed by atoms with Crippen molar-refractivity contribution in [1.82, 2.24) is 20.1 Å². The molecule has 1 aliphatic rings. The molecule has 0 saturated carbocycles. The average Bonchev–Trinajstić information content (AvgIpc) is 2.67. The van der Waals surface area contributed by atoms with Crippen molar-refractivity contribution in [3.63, 3.8) is 0 Å². The number of hydrogen-bond acceptors (Lipinski definition) is 4. The fraction of sp³-hybridized carbons (Fsp3) is 0.316. The minimum atomic E-state index is -0.241. The van der Waals surface area contributed by atoms with E-state index < -0.39 is 0 Å². The zero-order valence-corrected chi connectivity index (χ0v) is 15.4. The number of carbonyl (C=O) groups excluding carboxylic acids is 2. The van der Waals surface area contributed by atoms with Gasteiger partial charge in [0.15, 0.2) is 0 Å². The molecule has 136 valence electrons. The molecule has 26 heavy (non-hydrogen) atoms. The van der Waals surface area contributed by atoms with E-state index in [9.17, 15) is 9.59 Å². The van der Waals surface area contributed by atoms with Crippen molar-refractivity contribution < 1.29 is 9.59 Å². The molecule has 3 rings (SSSR count). The molecule has 0 aliphatic carbocycles. The Morgan fingerprint density at radius 3 is 2.50 bits per heavy atom. The molecule has 0 bridgehead atoms. The third-order valence-corrected chi connectivity index (χ3v) is 4.65. The van der Waals surface area contributed by atoms with Crippen molar-refractivity contribution in [3.8, 4) is 0 Å². The summed E-state index contributed by atoms with van der Waals surface area (Å²) in [6.45, 7) is 3.41. The van der Waals surface area contributed by atoms with Gasteiger partial charge in [-0.1, -0.05) is 23.7 Å². The van der Waals surface area contributed by atoms with Gasteiger partial charge < -0.3 is 15.1 Å². The normalized spacial score (nSPS) is 14.9. The predicted molar refractivity (Wildman–Crippen MR) is 100 cm³/mol. The Labute approximate surface area is 157 Å². The minimum absolute atomic E-state index is 0.134. The van der Waals surface area contributed by atoms with Crippen LogP contribution in [-0.4, -0.2) is 59.8 Å². The molecule has 0 unspecified atom stereocenters. The molecule has 2 amide bonds. The van der Waals surface area contributed by atoms with Gasteiger partial charge in [0.1, 0.15) is 5.69 Å². The van der Waals surface area contributed by atoms with E-state index in [4.69, 9.17) is 11.6 Å². The molecule has 0 radical (unpaired) electrons. The lowest BCUT2D eigenvalue weighted by Crippen LogP contribution is -2.47. The molecule has 1 fully saturated rings. The zero-order valence-electron chi connectivity index (χ0n) is 14.6. The van der Waals surface area contributed by atoms with Crippen molar-refractivity contribution in [2.75, 3.05) is 33.2 Å². The zero-order chi connectivity index (χ0) is 18.5. The Morgan fingerprint density at radius 1 is 1.12 bits per heavy atom. The molecule has 1 aromatic carbocycles. The van der Waals surface area contributed by atoms with Crippen molar-refractivity contribution in [2.24, 2.45) is 0 Å². The third-order valence-electron chi connectivity index (χ3n) is 4.40. The Bertz CT molecular complexity index is 786. The Hall–Kier alpha value is -2.44. The fourth-order valence-corrected chi connectivity index (χ4v) is 2.87. The van der Waals surface area contributed by atoms with Gasteiger partial charge in [-0.3, -0.25) is 14.6 Å². The number of nitrogens with one attached hydrogen (secondary N) is 1. The molecule has 6 nitrogen and oxygen atoms in total. The number of likely N-dealkylation sites (N-methyl/N-ethyl adjacent to an activating group) is 1. The highest BCUT2D eigenvalue weighted by atomic mass is 35.5. The highest BCUT2D eigenvalue weighted by Gasteiger charge is 2.22. The van der Waals surface area contributed by atoms with Gasteiger partial charge in [0.2, 0.25) is 0 Å². The molecule has 0 atom stereocenters. The first kappa shape index (κ1) is 18.4. The first-order valence-electron chi connectivity index (χ1n) is 8.49. The number of benzene rings is 1. The number of rotatable bonds is 4. The van der Waals surface area contributed by atoms with E-state index in [1.165, 1.54) is 6.20 Å². The Balaban J connectivity index is 1.63. The smallest absolute Gasteiger partial charge is 0.272 e. The fourth-order valence-electron chi connectivity index (χ4n) is 2.75. The lowest BCUT2D eigenvalue weighted by Gasteiger charge is -2.32. The molecule has 2 aromatic rings. The van der Waals surface area contributed by atoms with E-state index in [0.717, 1.165) is 18.7 Å². The van der Waals surface area contributed by atoms with Gasteiger partial charge in [-0.05, 0) is 36.9 Å². The maximum atomic E-state index is 12.6. The largest absolute Gasteiger partial charge is 0.348 e. The average molecular weight is 373 g/mol. The summed E-state index contributed by atoms with van der Waals surface area (Å²) in [6, 6.07) is 10.4. The van der Waals surface area contributed by atoms with Crippen LogP contribution >= 0.6 is 11.6 Å². The highest BCUT2D eigenvalue weighted by molar-refractivity contribution is 6.30. The molecular formula is C19H21ClN4O2. The van der Waals surface area contributed by atoms with Gasteiger partial charge in [-0.2, -0.15) is 0 Å². The van der Waals surface area contributed by atoms with E-state index in [1.54, 1.807) is 29.2 Å². The van der Waals surface area contributed by atoms with Gasteiger partial charge in [-0.15, -0.1) is 0 Å². The third kappa shape index (κ3) is 4.59. The van der Waals surface area contributed by atoms with E-state index in [2.05, 4.69) is 15.2 Å². The number of nitrogens with zero attached hydrogens (tertiary/aromatic N) is 3. The van der Waals surface area contributed by atoms with Crippen LogP contribution in [0.5, 0.6) is 0 Å². The lowest BCUT2D eigenvalue weighted by atomic mass is 10.1. The number of piperazine rings is 1. The van der Waals surface area contributed by atoms with E-state index in [-0.39, 0.29) is 11.8 Å². The van der Waals surface area contributed by atoms with Crippen molar-refractivity contribution >= 4 is 23.4 Å². The number of amides is 2. The first-order valence-corrected chi connectivity index (χ1v) is 8.87. The van der Waals surface area contributed by atoms with Crippen LogP contribution in [0.2, 0.25) is 5.02 Å². The van der Waals surface area contributed by atoms with Gasteiger partial charge in [-0.25, -0.2) is 0 Å². The summed E-state index contributed by atoms with van der Waals surface area (Å²) in [6.07, 6.45) is 1.50. The predicted octanol–water partition coefficient (Wildman–Crippen LogP) is 2.05. The van der Waals surface area contributed by atoms with Crippen LogP contribution in [0.1, 0.15) is 26.4 Å². The Kier molecular flexibility index (Phi) is 5.85. The van der Waals surface area contributed by atoms with Crippen LogP contribution in [0.15, 0.2) is 42.6 Å². The summed E-state index contributed by atoms with van der Waals surface area (Å²) in [5.74, 6) is -0.375. The van der Waals surface area contributed by atoms with E-state index in [0.29, 0.717) is 35.9 Å². The summed E-state index contributed by atoms with van der Waals surface area (Å²) in [5, 5.41) is 3.50. The number of aromatic nitrogens is 1. The molecule has 1 aromatic heterocycles. The number of carbonyl (C=O) groups is 2. The van der Waals surface area contributed by atoms with Gasteiger partial charge in [0.05, 0.1) is 0 Å². The second-order valence-corrected chi connectivity index (χ2v) is 6.77. The SMILES string of the molecule is CN1CCN(C(=O)c2cc(C(=O)NCc3ccc(Cl)cc3)ccn2)CC1. The molecule has 0 spiro atoms. The maximum absolute atomic E-state index is 12.6. The molecule has 1 saturated heterocycles. The minimum Gasteiger partial charge on any atom is -0.348 e. The van der Waals surface area contributed by atoms with Gasteiger partial charge in [0, 0.05) is 49.5 Å². The van der Waals surface area contributed by atoms with Crippen LogP contribution in [0.25, 0.3) is 0 Å².